The molecule has 0 aliphatic carbocycles. The lowest BCUT2D eigenvalue weighted by atomic mass is 10.1. The van der Waals surface area contributed by atoms with Crippen molar-refractivity contribution >= 4 is 67.3 Å². The average Bonchev–Trinajstić information content (AvgIpc) is 3.65. The molecule has 52 heavy (non-hydrogen) atoms. The van der Waals surface area contributed by atoms with E-state index in [1.54, 1.807) is 25.3 Å². The van der Waals surface area contributed by atoms with Gasteiger partial charge in [0.25, 0.3) is 0 Å². The first kappa shape index (κ1) is 38.5. The van der Waals surface area contributed by atoms with Gasteiger partial charge in [-0.2, -0.15) is 0 Å². The second-order valence-electron chi connectivity index (χ2n) is 11.3. The maximum Gasteiger partial charge on any atom is 0.337 e. The zero-order chi connectivity index (χ0) is 37.3. The van der Waals surface area contributed by atoms with Crippen molar-refractivity contribution in [3.05, 3.63) is 94.4 Å². The number of hydrogen-bond donors (Lipinski definition) is 4. The molecular weight excluding hydrogens is 742 g/mol. The summed E-state index contributed by atoms with van der Waals surface area (Å²) in [4.78, 5) is 21.8. The van der Waals surface area contributed by atoms with E-state index in [0.717, 1.165) is 50.7 Å². The largest absolute Gasteiger partial charge is 0.493 e. The number of methoxy groups -OCH3 is 1. The second-order valence-corrected chi connectivity index (χ2v) is 13.6. The van der Waals surface area contributed by atoms with E-state index in [1.165, 1.54) is 30.8 Å². The number of carboxylic acid groups (broad SMARTS) is 1. The van der Waals surface area contributed by atoms with Crippen LogP contribution in [0.4, 0.5) is 21.6 Å². The predicted octanol–water partition coefficient (Wildman–Crippen LogP) is 6.17. The van der Waals surface area contributed by atoms with Gasteiger partial charge in [0.05, 0.1) is 66.6 Å². The molecule has 1 fully saturated rings. The standard InChI is InChI=1S/C22H24ClFN4O3.C12H11ClN2O5S/c1-29-20-13-19-16(12-21(20)31-8-2-5-28-6-9-30-10-7-28)22(26-14-25-19)27-15-3-4-18(24)17(23)11-15;13-9-5-10(15-6-7-2-1-3-20-7)8(12(16)17)4-11(9)21(14,18)19/h3-4,11-14H,2,5-10H2,1H3,(H,25,26,27);1-5,15H,6H2,(H,16,17)(H2,14,18,19). The molecule has 1 saturated heterocycles. The van der Waals surface area contributed by atoms with E-state index in [1.807, 2.05) is 12.1 Å². The number of ether oxygens (including phenoxy) is 3. The van der Waals surface area contributed by atoms with Gasteiger partial charge in [0.15, 0.2) is 11.5 Å². The number of nitrogens with two attached hydrogens (primary N) is 1. The molecule has 1 aliphatic rings. The van der Waals surface area contributed by atoms with Crippen LogP contribution in [0.2, 0.25) is 10.0 Å². The summed E-state index contributed by atoms with van der Waals surface area (Å²) in [7, 11) is -2.51. The van der Waals surface area contributed by atoms with Crippen LogP contribution in [0.15, 0.2) is 76.5 Å². The van der Waals surface area contributed by atoms with Crippen LogP contribution in [0.5, 0.6) is 11.5 Å². The summed E-state index contributed by atoms with van der Waals surface area (Å²) in [5, 5.41) is 20.8. The van der Waals surface area contributed by atoms with Crippen LogP contribution in [0, 0.1) is 5.82 Å². The molecule has 3 heterocycles. The van der Waals surface area contributed by atoms with E-state index in [-0.39, 0.29) is 27.8 Å². The summed E-state index contributed by atoms with van der Waals surface area (Å²) < 4.78 is 58.2. The minimum absolute atomic E-state index is 0.0364. The first-order valence-electron chi connectivity index (χ1n) is 15.8. The van der Waals surface area contributed by atoms with Crippen LogP contribution in [0.1, 0.15) is 22.5 Å². The molecule has 276 valence electrons. The minimum Gasteiger partial charge on any atom is -0.493 e. The van der Waals surface area contributed by atoms with Crippen LogP contribution >= 0.6 is 23.2 Å². The van der Waals surface area contributed by atoms with E-state index in [2.05, 4.69) is 25.5 Å². The number of anilines is 3. The monoisotopic (exact) mass is 776 g/mol. The van der Waals surface area contributed by atoms with Gasteiger partial charge in [0, 0.05) is 36.8 Å². The Kier molecular flexibility index (Phi) is 13.1. The van der Waals surface area contributed by atoms with Gasteiger partial charge in [0.2, 0.25) is 10.0 Å². The number of nitrogens with zero attached hydrogens (tertiary/aromatic N) is 3. The van der Waals surface area contributed by atoms with E-state index >= 15 is 0 Å². The summed E-state index contributed by atoms with van der Waals surface area (Å²) in [5.41, 5.74) is 1.23. The maximum absolute atomic E-state index is 13.5. The quantitative estimate of drug-likeness (QED) is 0.0995. The molecule has 14 nitrogen and oxygen atoms in total. The Hall–Kier alpha value is -4.71. The number of benzene rings is 3. The number of aromatic carboxylic acids is 1. The molecule has 5 N–H and O–H groups in total. The van der Waals surface area contributed by atoms with Crippen molar-refractivity contribution in [1.29, 1.82) is 0 Å². The van der Waals surface area contributed by atoms with Gasteiger partial charge in [-0.1, -0.05) is 23.2 Å². The normalized spacial score (nSPS) is 13.2. The molecule has 0 spiro atoms. The number of fused-ring (bicyclic) bond motifs is 1. The number of primary sulfonamides is 1. The summed E-state index contributed by atoms with van der Waals surface area (Å²) >= 11 is 11.7. The number of furan rings is 1. The number of nitrogens with one attached hydrogen (secondary N) is 2. The van der Waals surface area contributed by atoms with Gasteiger partial charge in [-0.15, -0.1) is 0 Å². The highest BCUT2D eigenvalue weighted by atomic mass is 35.5. The Morgan fingerprint density at radius 3 is 2.54 bits per heavy atom. The summed E-state index contributed by atoms with van der Waals surface area (Å²) in [6, 6.07) is 13.6. The summed E-state index contributed by atoms with van der Waals surface area (Å²) in [5.74, 6) is 0.586. The van der Waals surface area contributed by atoms with Crippen molar-refractivity contribution in [3.8, 4) is 11.5 Å². The van der Waals surface area contributed by atoms with E-state index in [4.69, 9.17) is 52.1 Å². The fourth-order valence-electron chi connectivity index (χ4n) is 5.13. The molecule has 5 aromatic rings. The van der Waals surface area contributed by atoms with Gasteiger partial charge < -0.3 is 34.4 Å². The van der Waals surface area contributed by atoms with Crippen LogP contribution < -0.4 is 25.2 Å². The van der Waals surface area contributed by atoms with Crippen LogP contribution in [0.3, 0.4) is 0 Å². The number of sulfonamides is 1. The number of morpholine rings is 1. The van der Waals surface area contributed by atoms with Crippen molar-refractivity contribution in [2.75, 3.05) is 57.2 Å². The Bertz CT molecular complexity index is 2120. The highest BCUT2D eigenvalue weighted by Crippen LogP contribution is 2.35. The molecule has 0 saturated carbocycles. The van der Waals surface area contributed by atoms with Crippen LogP contribution in [0.25, 0.3) is 10.9 Å². The van der Waals surface area contributed by atoms with E-state index in [0.29, 0.717) is 40.9 Å². The summed E-state index contributed by atoms with van der Waals surface area (Å²) in [6.45, 7) is 5.23. The Morgan fingerprint density at radius 1 is 1.08 bits per heavy atom. The number of halogens is 3. The first-order valence-corrected chi connectivity index (χ1v) is 18.1. The Labute approximate surface area is 308 Å². The number of carboxylic acids is 1. The van der Waals surface area contributed by atoms with Gasteiger partial charge in [-0.25, -0.2) is 32.7 Å². The van der Waals surface area contributed by atoms with Crippen molar-refractivity contribution < 1.29 is 41.3 Å². The highest BCUT2D eigenvalue weighted by molar-refractivity contribution is 7.89. The van der Waals surface area contributed by atoms with E-state index < -0.39 is 26.7 Å². The number of carbonyl (C=O) groups is 1. The molecule has 1 aliphatic heterocycles. The lowest BCUT2D eigenvalue weighted by Gasteiger charge is -2.26. The van der Waals surface area contributed by atoms with Gasteiger partial charge >= 0.3 is 5.97 Å². The molecule has 0 radical (unpaired) electrons. The molecule has 0 atom stereocenters. The zero-order valence-corrected chi connectivity index (χ0v) is 30.1. The SMILES string of the molecule is COc1cc2ncnc(Nc3ccc(F)c(Cl)c3)c2cc1OCCCN1CCOCC1.NS(=O)(=O)c1cc(C(=O)O)c(NCc2ccco2)cc1Cl. The van der Waals surface area contributed by atoms with Gasteiger partial charge in [-0.3, -0.25) is 4.90 Å². The topological polar surface area (TPSA) is 191 Å². The van der Waals surface area contributed by atoms with E-state index in [9.17, 15) is 17.6 Å². The smallest absolute Gasteiger partial charge is 0.337 e. The minimum atomic E-state index is -4.11. The van der Waals surface area contributed by atoms with Gasteiger partial charge in [-0.05, 0) is 55.0 Å². The van der Waals surface area contributed by atoms with Crippen molar-refractivity contribution in [2.24, 2.45) is 5.14 Å². The lowest BCUT2D eigenvalue weighted by molar-refractivity contribution is 0.0357. The molecule has 2 aromatic heterocycles. The maximum atomic E-state index is 13.5. The molecule has 18 heteroatoms. The number of aromatic nitrogens is 2. The average molecular weight is 778 g/mol. The lowest BCUT2D eigenvalue weighted by Crippen LogP contribution is -2.37. The zero-order valence-electron chi connectivity index (χ0n) is 27.8. The molecule has 0 bridgehead atoms. The third-order valence-electron chi connectivity index (χ3n) is 7.73. The Balaban J connectivity index is 0.000000217. The Morgan fingerprint density at radius 2 is 1.87 bits per heavy atom. The predicted molar refractivity (Wildman–Crippen MR) is 194 cm³/mol. The third kappa shape index (κ3) is 10.2. The fraction of sp³-hybridized carbons (Fsp3) is 0.265. The van der Waals surface area contributed by atoms with Crippen molar-refractivity contribution in [2.45, 2.75) is 17.9 Å². The van der Waals surface area contributed by atoms with Crippen molar-refractivity contribution in [1.82, 2.24) is 14.9 Å². The number of rotatable bonds is 13. The third-order valence-corrected chi connectivity index (χ3v) is 9.39. The molecule has 6 rings (SSSR count). The van der Waals surface area contributed by atoms with Crippen LogP contribution in [-0.2, 0) is 21.3 Å². The van der Waals surface area contributed by atoms with Crippen LogP contribution in [-0.4, -0.2) is 80.9 Å². The molecule has 0 amide bonds. The number of hydrogen-bond acceptors (Lipinski definition) is 12. The highest BCUT2D eigenvalue weighted by Gasteiger charge is 2.20. The first-order chi connectivity index (χ1) is 24.9. The second kappa shape index (κ2) is 17.7. The molecule has 3 aromatic carbocycles. The molecule has 0 unspecified atom stereocenters. The summed E-state index contributed by atoms with van der Waals surface area (Å²) in [6.07, 6.45) is 3.83. The van der Waals surface area contributed by atoms with Crippen molar-refractivity contribution in [3.63, 3.8) is 0 Å². The molecular formula is C34H35Cl2FN6O8S. The van der Waals surface area contributed by atoms with Gasteiger partial charge in [0.1, 0.15) is 28.6 Å². The fourth-order valence-corrected chi connectivity index (χ4v) is 6.41.